The van der Waals surface area contributed by atoms with E-state index in [0.29, 0.717) is 0 Å². The first kappa shape index (κ1) is 19.7. The van der Waals surface area contributed by atoms with Crippen LogP contribution in [0.1, 0.15) is 23.4 Å². The van der Waals surface area contributed by atoms with E-state index < -0.39 is 0 Å². The smallest absolute Gasteiger partial charge is 0.119 e. The van der Waals surface area contributed by atoms with Crippen molar-refractivity contribution in [1.82, 2.24) is 20.0 Å². The monoisotopic (exact) mass is 371 g/mol. The van der Waals surface area contributed by atoms with Crippen molar-refractivity contribution in [3.05, 3.63) is 41.2 Å². The highest BCUT2D eigenvalue weighted by atomic mass is 16.5. The lowest BCUT2D eigenvalue weighted by Crippen LogP contribution is -2.46. The quantitative estimate of drug-likeness (QED) is 0.722. The topological polar surface area (TPSA) is 45.6 Å². The van der Waals surface area contributed by atoms with E-state index in [1.807, 2.05) is 23.9 Å². The molecule has 148 valence electrons. The van der Waals surface area contributed by atoms with Crippen molar-refractivity contribution in [2.24, 2.45) is 7.05 Å². The molecule has 6 nitrogen and oxygen atoms in total. The molecule has 1 aromatic carbocycles. The Morgan fingerprint density at radius 1 is 1.07 bits per heavy atom. The average Bonchev–Trinajstić information content (AvgIpc) is 2.94. The first-order chi connectivity index (χ1) is 13.1. The van der Waals surface area contributed by atoms with Gasteiger partial charge < -0.3 is 15.0 Å². The number of hydrogen-bond donors (Lipinski definition) is 1. The molecule has 0 radical (unpaired) electrons. The first-order valence-electron chi connectivity index (χ1n) is 9.89. The second-order valence-electron chi connectivity index (χ2n) is 7.33. The molecule has 0 unspecified atom stereocenters. The zero-order valence-electron chi connectivity index (χ0n) is 17.2. The van der Waals surface area contributed by atoms with Crippen LogP contribution in [0.15, 0.2) is 24.3 Å². The van der Waals surface area contributed by atoms with Gasteiger partial charge in [-0.25, -0.2) is 0 Å². The molecular weight excluding hydrogens is 338 g/mol. The summed E-state index contributed by atoms with van der Waals surface area (Å²) in [6, 6.07) is 8.39. The Labute approximate surface area is 163 Å². The summed E-state index contributed by atoms with van der Waals surface area (Å²) in [6.45, 7) is 11.8. The number of anilines is 1. The average molecular weight is 372 g/mol. The van der Waals surface area contributed by atoms with Crippen molar-refractivity contribution in [2.75, 3.05) is 51.3 Å². The molecule has 0 spiro atoms. The summed E-state index contributed by atoms with van der Waals surface area (Å²) in [5, 5.41) is 8.06. The van der Waals surface area contributed by atoms with Crippen molar-refractivity contribution < 1.29 is 4.74 Å². The maximum atomic E-state index is 5.24. The van der Waals surface area contributed by atoms with Gasteiger partial charge in [0.15, 0.2) is 0 Å². The van der Waals surface area contributed by atoms with E-state index in [4.69, 9.17) is 4.74 Å². The number of ether oxygens (including phenoxy) is 1. The minimum absolute atomic E-state index is 0.913. The molecule has 0 aliphatic carbocycles. The second-order valence-corrected chi connectivity index (χ2v) is 7.33. The molecule has 1 aliphatic heterocycles. The van der Waals surface area contributed by atoms with Crippen LogP contribution in [-0.4, -0.2) is 61.1 Å². The molecule has 0 amide bonds. The standard InChI is InChI=1S/C21H33N5O/c1-17-21(18(2)24(3)23-17)16-22-10-5-11-25-12-14-26(15-13-25)19-6-8-20(27-4)9-7-19/h6-9,22H,5,10-16H2,1-4H3. The Bertz CT molecular complexity index is 717. The van der Waals surface area contributed by atoms with Crippen LogP contribution in [0.25, 0.3) is 0 Å². The minimum atomic E-state index is 0.913. The predicted octanol–water partition coefficient (Wildman–Crippen LogP) is 2.35. The SMILES string of the molecule is COc1ccc(N2CCN(CCCNCc3c(C)nn(C)c3C)CC2)cc1. The molecule has 0 atom stereocenters. The van der Waals surface area contributed by atoms with Crippen molar-refractivity contribution in [3.8, 4) is 5.75 Å². The number of methoxy groups -OCH3 is 1. The molecule has 3 rings (SSSR count). The fraction of sp³-hybridized carbons (Fsp3) is 0.571. The molecule has 2 aromatic rings. The van der Waals surface area contributed by atoms with Gasteiger partial charge in [-0.2, -0.15) is 5.10 Å². The van der Waals surface area contributed by atoms with Crippen LogP contribution in [0, 0.1) is 13.8 Å². The number of hydrogen-bond acceptors (Lipinski definition) is 5. The van der Waals surface area contributed by atoms with Crippen LogP contribution >= 0.6 is 0 Å². The van der Waals surface area contributed by atoms with Crippen LogP contribution in [0.2, 0.25) is 0 Å². The highest BCUT2D eigenvalue weighted by molar-refractivity contribution is 5.49. The summed E-state index contributed by atoms with van der Waals surface area (Å²) < 4.78 is 7.21. The van der Waals surface area contributed by atoms with Gasteiger partial charge in [0.1, 0.15) is 5.75 Å². The molecule has 1 aromatic heterocycles. The Morgan fingerprint density at radius 3 is 2.37 bits per heavy atom. The molecule has 1 aliphatic rings. The van der Waals surface area contributed by atoms with Gasteiger partial charge in [0.05, 0.1) is 12.8 Å². The summed E-state index contributed by atoms with van der Waals surface area (Å²) in [6.07, 6.45) is 1.18. The van der Waals surface area contributed by atoms with Gasteiger partial charge in [-0.3, -0.25) is 9.58 Å². The molecular formula is C21H33N5O. The van der Waals surface area contributed by atoms with E-state index in [-0.39, 0.29) is 0 Å². The van der Waals surface area contributed by atoms with Gasteiger partial charge in [0.2, 0.25) is 0 Å². The summed E-state index contributed by atoms with van der Waals surface area (Å²) in [7, 11) is 3.72. The van der Waals surface area contributed by atoms with E-state index >= 15 is 0 Å². The van der Waals surface area contributed by atoms with E-state index in [9.17, 15) is 0 Å². The lowest BCUT2D eigenvalue weighted by atomic mass is 10.2. The van der Waals surface area contributed by atoms with Crippen molar-refractivity contribution in [1.29, 1.82) is 0 Å². The maximum Gasteiger partial charge on any atom is 0.119 e. The number of nitrogens with one attached hydrogen (secondary N) is 1. The molecule has 1 saturated heterocycles. The first-order valence-corrected chi connectivity index (χ1v) is 9.89. The largest absolute Gasteiger partial charge is 0.497 e. The van der Waals surface area contributed by atoms with E-state index in [2.05, 4.69) is 46.2 Å². The molecule has 1 fully saturated rings. The molecule has 1 N–H and O–H groups in total. The summed E-state index contributed by atoms with van der Waals surface area (Å²) in [4.78, 5) is 5.03. The summed E-state index contributed by atoms with van der Waals surface area (Å²) in [5.41, 5.74) is 5.02. The van der Waals surface area contributed by atoms with Crippen LogP contribution in [0.5, 0.6) is 5.75 Å². The molecule has 27 heavy (non-hydrogen) atoms. The number of rotatable bonds is 8. The van der Waals surface area contributed by atoms with Crippen LogP contribution in [0.3, 0.4) is 0 Å². The zero-order valence-corrected chi connectivity index (χ0v) is 17.2. The lowest BCUT2D eigenvalue weighted by Gasteiger charge is -2.36. The summed E-state index contributed by atoms with van der Waals surface area (Å²) in [5.74, 6) is 0.918. The number of benzene rings is 1. The van der Waals surface area contributed by atoms with Gasteiger partial charge in [-0.15, -0.1) is 0 Å². The third-order valence-corrected chi connectivity index (χ3v) is 5.60. The number of piperazine rings is 1. The Morgan fingerprint density at radius 2 is 1.78 bits per heavy atom. The third-order valence-electron chi connectivity index (χ3n) is 5.60. The van der Waals surface area contributed by atoms with Crippen molar-refractivity contribution in [3.63, 3.8) is 0 Å². The number of nitrogens with zero attached hydrogens (tertiary/aromatic N) is 4. The lowest BCUT2D eigenvalue weighted by molar-refractivity contribution is 0.254. The highest BCUT2D eigenvalue weighted by Gasteiger charge is 2.16. The third kappa shape index (κ3) is 5.02. The van der Waals surface area contributed by atoms with Crippen LogP contribution in [-0.2, 0) is 13.6 Å². The molecule has 2 heterocycles. The van der Waals surface area contributed by atoms with Gasteiger partial charge in [-0.05, 0) is 57.6 Å². The van der Waals surface area contributed by atoms with Crippen LogP contribution < -0.4 is 15.0 Å². The van der Waals surface area contributed by atoms with Gasteiger partial charge in [0.25, 0.3) is 0 Å². The molecule has 0 bridgehead atoms. The fourth-order valence-electron chi connectivity index (χ4n) is 3.74. The number of aromatic nitrogens is 2. The molecule has 6 heteroatoms. The van der Waals surface area contributed by atoms with Gasteiger partial charge in [-0.1, -0.05) is 0 Å². The Kier molecular flexibility index (Phi) is 6.74. The highest BCUT2D eigenvalue weighted by Crippen LogP contribution is 2.20. The second kappa shape index (κ2) is 9.24. The Balaban J connectivity index is 1.33. The van der Waals surface area contributed by atoms with E-state index in [1.54, 1.807) is 7.11 Å². The van der Waals surface area contributed by atoms with Gasteiger partial charge in [0, 0.05) is 56.7 Å². The maximum absolute atomic E-state index is 5.24. The van der Waals surface area contributed by atoms with Gasteiger partial charge >= 0.3 is 0 Å². The molecule has 0 saturated carbocycles. The predicted molar refractivity (Wildman–Crippen MR) is 111 cm³/mol. The van der Waals surface area contributed by atoms with Crippen LogP contribution in [0.4, 0.5) is 5.69 Å². The zero-order chi connectivity index (χ0) is 19.2. The Hall–Kier alpha value is -2.05. The van der Waals surface area contributed by atoms with E-state index in [0.717, 1.165) is 57.3 Å². The summed E-state index contributed by atoms with van der Waals surface area (Å²) >= 11 is 0. The van der Waals surface area contributed by atoms with Crippen molar-refractivity contribution >= 4 is 5.69 Å². The fourth-order valence-corrected chi connectivity index (χ4v) is 3.74. The van der Waals surface area contributed by atoms with E-state index in [1.165, 1.54) is 23.4 Å². The van der Waals surface area contributed by atoms with Crippen molar-refractivity contribution in [2.45, 2.75) is 26.8 Å². The minimum Gasteiger partial charge on any atom is -0.497 e. The number of aryl methyl sites for hydroxylation is 2. The normalized spacial score (nSPS) is 15.3.